The molecule has 0 unspecified atom stereocenters. The number of nitrogens with zero attached hydrogens (tertiary/aromatic N) is 1. The molecule has 1 aliphatic rings. The lowest BCUT2D eigenvalue weighted by molar-refractivity contribution is 0.0686. The number of ether oxygens (including phenoxy) is 3. The Kier molecular flexibility index (Phi) is 6.39. The number of halogens is 1. The van der Waals surface area contributed by atoms with Crippen molar-refractivity contribution in [1.29, 1.82) is 0 Å². The van der Waals surface area contributed by atoms with Crippen LogP contribution in [0.2, 0.25) is 0 Å². The standard InChI is InChI=1S/C22H26FNO4/c1-26-19-8-7-18(20(27-2)21(19)28-3)22(25)24-11-9-15(10-12-24)13-16-5-4-6-17(23)14-16/h4-8,14-15H,9-13H2,1-3H3. The molecule has 6 heteroatoms. The van der Waals surface area contributed by atoms with E-state index in [0.717, 1.165) is 24.8 Å². The molecule has 0 bridgehead atoms. The summed E-state index contributed by atoms with van der Waals surface area (Å²) in [7, 11) is 4.58. The molecule has 0 spiro atoms. The van der Waals surface area contributed by atoms with Crippen LogP contribution < -0.4 is 14.2 Å². The summed E-state index contributed by atoms with van der Waals surface area (Å²) in [5.41, 5.74) is 1.47. The molecule has 2 aromatic carbocycles. The average Bonchev–Trinajstić information content (AvgIpc) is 2.72. The average molecular weight is 387 g/mol. The van der Waals surface area contributed by atoms with E-state index in [2.05, 4.69) is 0 Å². The Hall–Kier alpha value is -2.76. The van der Waals surface area contributed by atoms with Crippen molar-refractivity contribution in [2.45, 2.75) is 19.3 Å². The van der Waals surface area contributed by atoms with Crippen LogP contribution in [-0.4, -0.2) is 45.2 Å². The molecule has 5 nitrogen and oxygen atoms in total. The zero-order valence-electron chi connectivity index (χ0n) is 16.5. The van der Waals surface area contributed by atoms with Crippen LogP contribution >= 0.6 is 0 Å². The van der Waals surface area contributed by atoms with Gasteiger partial charge in [-0.15, -0.1) is 0 Å². The first kappa shape index (κ1) is 20.0. The molecule has 2 aromatic rings. The second-order valence-electron chi connectivity index (χ2n) is 6.95. The van der Waals surface area contributed by atoms with E-state index in [1.807, 2.05) is 11.0 Å². The summed E-state index contributed by atoms with van der Waals surface area (Å²) < 4.78 is 29.5. The molecule has 1 saturated heterocycles. The van der Waals surface area contributed by atoms with Crippen LogP contribution in [0.25, 0.3) is 0 Å². The largest absolute Gasteiger partial charge is 0.493 e. The third-order valence-electron chi connectivity index (χ3n) is 5.25. The van der Waals surface area contributed by atoms with Crippen LogP contribution in [0.3, 0.4) is 0 Å². The van der Waals surface area contributed by atoms with E-state index >= 15 is 0 Å². The number of piperidine rings is 1. The van der Waals surface area contributed by atoms with E-state index in [4.69, 9.17) is 14.2 Å². The van der Waals surface area contributed by atoms with Gasteiger partial charge in [0.1, 0.15) is 5.82 Å². The minimum absolute atomic E-state index is 0.0815. The molecular weight excluding hydrogens is 361 g/mol. The van der Waals surface area contributed by atoms with Gasteiger partial charge in [0.25, 0.3) is 5.91 Å². The summed E-state index contributed by atoms with van der Waals surface area (Å²) in [4.78, 5) is 14.9. The Balaban J connectivity index is 1.68. The van der Waals surface area contributed by atoms with Gasteiger partial charge in [-0.05, 0) is 55.0 Å². The first-order valence-electron chi connectivity index (χ1n) is 9.40. The zero-order chi connectivity index (χ0) is 20.1. The van der Waals surface area contributed by atoms with Gasteiger partial charge in [-0.1, -0.05) is 12.1 Å². The summed E-state index contributed by atoms with van der Waals surface area (Å²) in [5.74, 6) is 1.47. The Morgan fingerprint density at radius 2 is 1.75 bits per heavy atom. The third-order valence-corrected chi connectivity index (χ3v) is 5.25. The minimum atomic E-state index is -0.203. The molecular formula is C22H26FNO4. The third kappa shape index (κ3) is 4.21. The molecule has 1 fully saturated rings. The van der Waals surface area contributed by atoms with Gasteiger partial charge in [0.2, 0.25) is 5.75 Å². The van der Waals surface area contributed by atoms with Crippen LogP contribution in [0, 0.1) is 11.7 Å². The lowest BCUT2D eigenvalue weighted by Crippen LogP contribution is -2.39. The molecule has 150 valence electrons. The molecule has 0 aromatic heterocycles. The van der Waals surface area contributed by atoms with Gasteiger partial charge in [0.05, 0.1) is 26.9 Å². The Bertz CT molecular complexity index is 831. The van der Waals surface area contributed by atoms with E-state index in [9.17, 15) is 9.18 Å². The fourth-order valence-electron chi connectivity index (χ4n) is 3.78. The van der Waals surface area contributed by atoms with Crippen LogP contribution in [0.4, 0.5) is 4.39 Å². The van der Waals surface area contributed by atoms with Crippen LogP contribution in [0.15, 0.2) is 36.4 Å². The SMILES string of the molecule is COc1ccc(C(=O)N2CCC(Cc3cccc(F)c3)CC2)c(OC)c1OC. The first-order chi connectivity index (χ1) is 13.6. The molecule has 3 rings (SSSR count). The van der Waals surface area contributed by atoms with E-state index in [1.165, 1.54) is 20.3 Å². The summed E-state index contributed by atoms with van der Waals surface area (Å²) in [6, 6.07) is 10.2. The molecule has 28 heavy (non-hydrogen) atoms. The van der Waals surface area contributed by atoms with Gasteiger partial charge in [-0.25, -0.2) is 4.39 Å². The first-order valence-corrected chi connectivity index (χ1v) is 9.40. The Morgan fingerprint density at radius 1 is 1.04 bits per heavy atom. The highest BCUT2D eigenvalue weighted by atomic mass is 19.1. The van der Waals surface area contributed by atoms with Gasteiger partial charge in [-0.2, -0.15) is 0 Å². The van der Waals surface area contributed by atoms with Gasteiger partial charge >= 0.3 is 0 Å². The van der Waals surface area contributed by atoms with Crippen LogP contribution in [0.5, 0.6) is 17.2 Å². The number of hydrogen-bond donors (Lipinski definition) is 0. The number of likely N-dealkylation sites (tertiary alicyclic amines) is 1. The molecule has 1 aliphatic heterocycles. The minimum Gasteiger partial charge on any atom is -0.493 e. The van der Waals surface area contributed by atoms with Crippen molar-refractivity contribution in [3.63, 3.8) is 0 Å². The summed E-state index contributed by atoms with van der Waals surface area (Å²) in [5, 5.41) is 0. The molecule has 0 N–H and O–H groups in total. The van der Waals surface area contributed by atoms with Crippen molar-refractivity contribution in [3.05, 3.63) is 53.3 Å². The maximum Gasteiger partial charge on any atom is 0.257 e. The molecule has 0 radical (unpaired) electrons. The van der Waals surface area contributed by atoms with E-state index in [-0.39, 0.29) is 11.7 Å². The van der Waals surface area contributed by atoms with Crippen molar-refractivity contribution in [1.82, 2.24) is 4.90 Å². The quantitative estimate of drug-likeness (QED) is 0.753. The number of methoxy groups -OCH3 is 3. The second kappa shape index (κ2) is 8.95. The van der Waals surface area contributed by atoms with Crippen molar-refractivity contribution in [2.24, 2.45) is 5.92 Å². The normalized spacial score (nSPS) is 14.6. The lowest BCUT2D eigenvalue weighted by atomic mass is 9.90. The van der Waals surface area contributed by atoms with Crippen LogP contribution in [-0.2, 0) is 6.42 Å². The highest BCUT2D eigenvalue weighted by Crippen LogP contribution is 2.40. The molecule has 0 aliphatic carbocycles. The van der Waals surface area contributed by atoms with Crippen molar-refractivity contribution in [2.75, 3.05) is 34.4 Å². The Labute approximate surface area is 165 Å². The topological polar surface area (TPSA) is 48.0 Å². The number of carbonyl (C=O) groups is 1. The Morgan fingerprint density at radius 3 is 2.36 bits per heavy atom. The smallest absolute Gasteiger partial charge is 0.257 e. The predicted octanol–water partition coefficient (Wildman–Crippen LogP) is 3.95. The second-order valence-corrected chi connectivity index (χ2v) is 6.95. The monoisotopic (exact) mass is 387 g/mol. The van der Waals surface area contributed by atoms with E-state index in [1.54, 1.807) is 31.4 Å². The lowest BCUT2D eigenvalue weighted by Gasteiger charge is -2.32. The van der Waals surface area contributed by atoms with Crippen molar-refractivity contribution >= 4 is 5.91 Å². The molecule has 0 atom stereocenters. The van der Waals surface area contributed by atoms with Gasteiger partial charge in [0, 0.05) is 13.1 Å². The van der Waals surface area contributed by atoms with E-state index < -0.39 is 0 Å². The zero-order valence-corrected chi connectivity index (χ0v) is 16.5. The highest BCUT2D eigenvalue weighted by Gasteiger charge is 2.28. The summed E-state index contributed by atoms with van der Waals surface area (Å²) in [6.45, 7) is 1.33. The summed E-state index contributed by atoms with van der Waals surface area (Å²) in [6.07, 6.45) is 2.61. The highest BCUT2D eigenvalue weighted by molar-refractivity contribution is 5.98. The van der Waals surface area contributed by atoms with Crippen LogP contribution in [0.1, 0.15) is 28.8 Å². The number of hydrogen-bond acceptors (Lipinski definition) is 4. The molecule has 0 saturated carbocycles. The maximum atomic E-state index is 13.4. The maximum absolute atomic E-state index is 13.4. The fourth-order valence-corrected chi connectivity index (χ4v) is 3.78. The van der Waals surface area contributed by atoms with E-state index in [0.29, 0.717) is 41.8 Å². The van der Waals surface area contributed by atoms with Gasteiger partial charge in [0.15, 0.2) is 11.5 Å². The number of carbonyl (C=O) groups excluding carboxylic acids is 1. The summed E-state index contributed by atoms with van der Waals surface area (Å²) >= 11 is 0. The van der Waals surface area contributed by atoms with Gasteiger partial charge in [-0.3, -0.25) is 4.79 Å². The van der Waals surface area contributed by atoms with Crippen molar-refractivity contribution in [3.8, 4) is 17.2 Å². The molecule has 1 heterocycles. The molecule has 1 amide bonds. The predicted molar refractivity (Wildman–Crippen MR) is 105 cm³/mol. The fraction of sp³-hybridized carbons (Fsp3) is 0.409. The van der Waals surface area contributed by atoms with Gasteiger partial charge < -0.3 is 19.1 Å². The number of benzene rings is 2. The number of rotatable bonds is 6. The van der Waals surface area contributed by atoms with Crippen molar-refractivity contribution < 1.29 is 23.4 Å². The number of amides is 1.